The average molecular weight is 281 g/mol. The normalized spacial score (nSPS) is 10.9. The maximum absolute atomic E-state index is 4.22. The van der Waals surface area contributed by atoms with E-state index in [1.54, 1.807) is 6.20 Å². The van der Waals surface area contributed by atoms with E-state index >= 15 is 0 Å². The van der Waals surface area contributed by atoms with Gasteiger partial charge in [-0.1, -0.05) is 12.1 Å². The fourth-order valence-corrected chi connectivity index (χ4v) is 2.22. The predicted octanol–water partition coefficient (Wildman–Crippen LogP) is 2.25. The van der Waals surface area contributed by atoms with E-state index in [1.807, 2.05) is 40.1 Å². The van der Waals surface area contributed by atoms with Crippen molar-refractivity contribution in [2.75, 3.05) is 6.54 Å². The van der Waals surface area contributed by atoms with E-state index in [0.29, 0.717) is 0 Å². The topological polar surface area (TPSA) is 47.7 Å². The maximum atomic E-state index is 4.22. The van der Waals surface area contributed by atoms with Crippen molar-refractivity contribution in [1.29, 1.82) is 0 Å². The maximum Gasteiger partial charge on any atom is 0.0645 e. The quantitative estimate of drug-likeness (QED) is 0.676. The average Bonchev–Trinajstić information content (AvgIpc) is 3.21. The number of aryl methyl sites for hydroxylation is 1. The van der Waals surface area contributed by atoms with E-state index in [0.717, 1.165) is 31.7 Å². The minimum atomic E-state index is 0.887. The van der Waals surface area contributed by atoms with Crippen molar-refractivity contribution in [3.05, 3.63) is 66.7 Å². The third-order valence-corrected chi connectivity index (χ3v) is 3.33. The summed E-state index contributed by atoms with van der Waals surface area (Å²) in [5, 5.41) is 11.9. The van der Waals surface area contributed by atoms with E-state index in [4.69, 9.17) is 0 Å². The molecular formula is C16H19N5. The molecule has 21 heavy (non-hydrogen) atoms. The van der Waals surface area contributed by atoms with Crippen molar-refractivity contribution in [2.24, 2.45) is 0 Å². The molecule has 1 aromatic carbocycles. The lowest BCUT2D eigenvalue weighted by Crippen LogP contribution is -2.16. The molecule has 5 heteroatoms. The van der Waals surface area contributed by atoms with Gasteiger partial charge in [0.2, 0.25) is 0 Å². The number of hydrogen-bond donors (Lipinski definition) is 1. The molecular weight excluding hydrogens is 262 g/mol. The van der Waals surface area contributed by atoms with Gasteiger partial charge in [-0.3, -0.25) is 4.68 Å². The summed E-state index contributed by atoms with van der Waals surface area (Å²) in [7, 11) is 0. The van der Waals surface area contributed by atoms with Crippen molar-refractivity contribution in [2.45, 2.75) is 19.5 Å². The number of nitrogens with zero attached hydrogens (tertiary/aromatic N) is 4. The Morgan fingerprint density at radius 2 is 1.76 bits per heavy atom. The molecule has 0 amide bonds. The van der Waals surface area contributed by atoms with E-state index in [1.165, 1.54) is 5.56 Å². The zero-order valence-electron chi connectivity index (χ0n) is 11.9. The molecule has 2 aromatic heterocycles. The Morgan fingerprint density at radius 3 is 2.48 bits per heavy atom. The molecule has 3 rings (SSSR count). The van der Waals surface area contributed by atoms with Gasteiger partial charge in [-0.25, -0.2) is 4.68 Å². The van der Waals surface area contributed by atoms with Gasteiger partial charge in [-0.2, -0.15) is 10.2 Å². The predicted molar refractivity (Wildman–Crippen MR) is 82.1 cm³/mol. The fraction of sp³-hybridized carbons (Fsp3) is 0.250. The van der Waals surface area contributed by atoms with Crippen LogP contribution in [0.3, 0.4) is 0 Å². The molecule has 0 spiro atoms. The Kier molecular flexibility index (Phi) is 4.43. The summed E-state index contributed by atoms with van der Waals surface area (Å²) >= 11 is 0. The molecule has 2 heterocycles. The molecule has 108 valence electrons. The molecule has 5 nitrogen and oxygen atoms in total. The third kappa shape index (κ3) is 3.79. The molecule has 1 N–H and O–H groups in total. The largest absolute Gasteiger partial charge is 0.313 e. The summed E-state index contributed by atoms with van der Waals surface area (Å²) in [5.74, 6) is 0. The van der Waals surface area contributed by atoms with E-state index in [9.17, 15) is 0 Å². The zero-order chi connectivity index (χ0) is 14.3. The molecule has 0 aliphatic heterocycles. The first-order valence-electron chi connectivity index (χ1n) is 7.19. The molecule has 0 aliphatic carbocycles. The van der Waals surface area contributed by atoms with Crippen LogP contribution in [0.4, 0.5) is 0 Å². The SMILES string of the molecule is c1cnn(CCCNCc2ccc(-n3cccn3)cc2)c1. The molecule has 0 aliphatic rings. The van der Waals surface area contributed by atoms with Crippen molar-refractivity contribution < 1.29 is 0 Å². The summed E-state index contributed by atoms with van der Waals surface area (Å²) < 4.78 is 3.82. The highest BCUT2D eigenvalue weighted by atomic mass is 15.3. The monoisotopic (exact) mass is 281 g/mol. The number of nitrogens with one attached hydrogen (secondary N) is 1. The second kappa shape index (κ2) is 6.85. The van der Waals surface area contributed by atoms with Crippen LogP contribution in [0.25, 0.3) is 5.69 Å². The van der Waals surface area contributed by atoms with Gasteiger partial charge in [0.15, 0.2) is 0 Å². The first-order valence-corrected chi connectivity index (χ1v) is 7.19. The van der Waals surface area contributed by atoms with Gasteiger partial charge in [0.1, 0.15) is 0 Å². The molecule has 0 fully saturated rings. The lowest BCUT2D eigenvalue weighted by molar-refractivity contribution is 0.543. The fourth-order valence-electron chi connectivity index (χ4n) is 2.22. The minimum Gasteiger partial charge on any atom is -0.313 e. The Labute approximate surface area is 124 Å². The Hall–Kier alpha value is -2.40. The first-order chi connectivity index (χ1) is 10.4. The van der Waals surface area contributed by atoms with Gasteiger partial charge in [-0.15, -0.1) is 0 Å². The number of hydrogen-bond acceptors (Lipinski definition) is 3. The molecule has 0 radical (unpaired) electrons. The first kappa shape index (κ1) is 13.6. The van der Waals surface area contributed by atoms with E-state index < -0.39 is 0 Å². The smallest absolute Gasteiger partial charge is 0.0645 e. The number of rotatable bonds is 7. The van der Waals surface area contributed by atoms with E-state index in [-0.39, 0.29) is 0 Å². The van der Waals surface area contributed by atoms with Crippen LogP contribution in [0.1, 0.15) is 12.0 Å². The lowest BCUT2D eigenvalue weighted by atomic mass is 10.2. The van der Waals surface area contributed by atoms with Crippen molar-refractivity contribution in [1.82, 2.24) is 24.9 Å². The summed E-state index contributed by atoms with van der Waals surface area (Å²) in [6.45, 7) is 2.83. The highest BCUT2D eigenvalue weighted by Crippen LogP contribution is 2.08. The Bertz CT molecular complexity index is 626. The number of benzene rings is 1. The van der Waals surface area contributed by atoms with Crippen molar-refractivity contribution in [3.8, 4) is 5.69 Å². The molecule has 0 saturated carbocycles. The zero-order valence-corrected chi connectivity index (χ0v) is 11.9. The Morgan fingerprint density at radius 1 is 0.952 bits per heavy atom. The Balaban J connectivity index is 1.41. The van der Waals surface area contributed by atoms with Gasteiger partial charge in [0.25, 0.3) is 0 Å². The molecule has 0 unspecified atom stereocenters. The number of aromatic nitrogens is 4. The lowest BCUT2D eigenvalue weighted by Gasteiger charge is -2.07. The summed E-state index contributed by atoms with van der Waals surface area (Å²) in [4.78, 5) is 0. The van der Waals surface area contributed by atoms with Crippen LogP contribution >= 0.6 is 0 Å². The highest BCUT2D eigenvalue weighted by molar-refractivity contribution is 5.33. The van der Waals surface area contributed by atoms with Crippen molar-refractivity contribution >= 4 is 0 Å². The molecule has 0 bridgehead atoms. The van der Waals surface area contributed by atoms with Crippen LogP contribution in [0.5, 0.6) is 0 Å². The van der Waals surface area contributed by atoms with E-state index in [2.05, 4.69) is 39.8 Å². The summed E-state index contributed by atoms with van der Waals surface area (Å²) in [5.41, 5.74) is 2.37. The van der Waals surface area contributed by atoms with Crippen LogP contribution in [-0.4, -0.2) is 26.1 Å². The minimum absolute atomic E-state index is 0.887. The second-order valence-electron chi connectivity index (χ2n) is 4.92. The highest BCUT2D eigenvalue weighted by Gasteiger charge is 1.97. The van der Waals surface area contributed by atoms with Gasteiger partial charge in [0.05, 0.1) is 5.69 Å². The van der Waals surface area contributed by atoms with Crippen LogP contribution < -0.4 is 5.32 Å². The second-order valence-corrected chi connectivity index (χ2v) is 4.92. The van der Waals surface area contributed by atoms with Crippen LogP contribution in [0.15, 0.2) is 61.2 Å². The summed E-state index contributed by atoms with van der Waals surface area (Å²) in [6, 6.07) is 12.3. The molecule has 0 saturated heterocycles. The van der Waals surface area contributed by atoms with Crippen LogP contribution in [0, 0.1) is 0 Å². The van der Waals surface area contributed by atoms with Crippen LogP contribution in [0.2, 0.25) is 0 Å². The molecule has 3 aromatic rings. The standard InChI is InChI=1S/C16H19N5/c1(11-20-12-2-9-18-20)8-17-14-15-4-6-16(7-5-15)21-13-3-10-19-21/h2-7,9-10,12-13,17H,1,8,11,14H2. The van der Waals surface area contributed by atoms with Crippen LogP contribution in [-0.2, 0) is 13.1 Å². The van der Waals surface area contributed by atoms with Gasteiger partial charge in [-0.05, 0) is 42.8 Å². The summed E-state index contributed by atoms with van der Waals surface area (Å²) in [6.07, 6.45) is 8.62. The van der Waals surface area contributed by atoms with Gasteiger partial charge >= 0.3 is 0 Å². The van der Waals surface area contributed by atoms with Crippen molar-refractivity contribution in [3.63, 3.8) is 0 Å². The van der Waals surface area contributed by atoms with Gasteiger partial charge in [0, 0.05) is 37.9 Å². The van der Waals surface area contributed by atoms with Gasteiger partial charge < -0.3 is 5.32 Å². The third-order valence-electron chi connectivity index (χ3n) is 3.33. The molecule has 0 atom stereocenters.